The fourth-order valence-electron chi connectivity index (χ4n) is 0. The minimum Gasteiger partial charge on any atom is -0.693 e. The molecule has 0 aromatic rings. The average Bonchev–Trinajstić information content (AvgIpc) is 0.811. The van der Waals surface area contributed by atoms with Crippen LogP contribution >= 0.6 is 0 Å². The molecule has 7 heavy (non-hydrogen) atoms. The first-order valence-electron chi connectivity index (χ1n) is 0.565. The third kappa shape index (κ3) is 1750. The molecule has 7 heteroatoms. The molecule has 0 rings (SSSR count). The topological polar surface area (TPSA) is 130 Å². The van der Waals surface area contributed by atoms with E-state index in [1.54, 1.807) is 0 Å². The second kappa shape index (κ2) is 17.1. The van der Waals surface area contributed by atoms with E-state index in [1.165, 1.54) is 0 Å². The molecule has 48 valence electrons. The Morgan fingerprint density at radius 1 is 1.43 bits per heavy atom. The van der Waals surface area contributed by atoms with Gasteiger partial charge in [-0.25, -0.2) is 0 Å². The molecular formula is H5N3O3Pd. The molecule has 0 aliphatic heterocycles. The van der Waals surface area contributed by atoms with E-state index in [9.17, 15) is 0 Å². The monoisotopic (exact) mass is 201 g/mol. The van der Waals surface area contributed by atoms with Crippen molar-refractivity contribution in [3.05, 3.63) is 22.4 Å². The molecule has 0 aliphatic carbocycles. The number of nitrogens with zero attached hydrogens (tertiary/aromatic N) is 1. The number of nitrogens with two attached hydrogens (primary N) is 2. The summed E-state index contributed by atoms with van der Waals surface area (Å²) in [7, 11) is 0. The van der Waals surface area contributed by atoms with Crippen molar-refractivity contribution in [2.75, 3.05) is 0 Å². The van der Waals surface area contributed by atoms with Gasteiger partial charge in [-0.15, -0.1) is 10.1 Å². The van der Waals surface area contributed by atoms with Gasteiger partial charge in [0.1, 0.15) is 0 Å². The maximum Gasteiger partial charge on any atom is 2.00 e. The first-order chi connectivity index (χ1) is 1.73. The fraction of sp³-hybridized carbons (Fsp3) is 0. The first-order valence-corrected chi connectivity index (χ1v) is 0.565. The van der Waals surface area contributed by atoms with Crippen LogP contribution in [0.1, 0.15) is 0 Å². The van der Waals surface area contributed by atoms with E-state index >= 15 is 0 Å². The standard InChI is InChI=1S/HNO3.2H2N.Pd/c2-1(3)4;;;/h(H,2,3,4);2*1H2;/q;2*-1;+2. The summed E-state index contributed by atoms with van der Waals surface area (Å²) < 4.78 is 0. The molecule has 0 unspecified atom stereocenters. The van der Waals surface area contributed by atoms with Crippen LogP contribution in [0.5, 0.6) is 0 Å². The zero-order valence-corrected chi connectivity index (χ0v) is 4.74. The molecule has 5 N–H and O–H groups in total. The van der Waals surface area contributed by atoms with Gasteiger partial charge in [0.05, 0.1) is 0 Å². The SMILES string of the molecule is O=[N+]([O-])O.[NH2-].[NH2-].[Pd+2]. The van der Waals surface area contributed by atoms with Gasteiger partial charge in [0, 0.05) is 0 Å². The minimum atomic E-state index is -1.50. The van der Waals surface area contributed by atoms with E-state index < -0.39 is 5.09 Å². The Morgan fingerprint density at radius 3 is 1.43 bits per heavy atom. The largest absolute Gasteiger partial charge is 2.00 e. The predicted octanol–water partition coefficient (Wildman–Crippen LogP) is 1.08. The van der Waals surface area contributed by atoms with Crippen molar-refractivity contribution < 1.29 is 30.7 Å². The maximum absolute atomic E-state index is 8.36. The number of hydrogen-bond donors (Lipinski definition) is 1. The van der Waals surface area contributed by atoms with E-state index in [2.05, 4.69) is 0 Å². The molecule has 0 amide bonds. The van der Waals surface area contributed by atoms with E-state index in [4.69, 9.17) is 15.3 Å². The van der Waals surface area contributed by atoms with E-state index in [-0.39, 0.29) is 32.7 Å². The quantitative estimate of drug-likeness (QED) is 0.357. The Kier molecular flexibility index (Phi) is 71.5. The van der Waals surface area contributed by atoms with Gasteiger partial charge in [-0.05, 0) is 0 Å². The number of hydrogen-bond acceptors (Lipinski definition) is 2. The van der Waals surface area contributed by atoms with Crippen LogP contribution in [0.25, 0.3) is 12.3 Å². The van der Waals surface area contributed by atoms with Crippen LogP contribution in [0, 0.1) is 10.1 Å². The molecule has 0 spiro atoms. The summed E-state index contributed by atoms with van der Waals surface area (Å²) in [5.41, 5.74) is 0. The van der Waals surface area contributed by atoms with Crippen molar-refractivity contribution in [2.45, 2.75) is 0 Å². The average molecular weight is 201 g/mol. The molecule has 0 atom stereocenters. The zero-order valence-electron chi connectivity index (χ0n) is 3.18. The van der Waals surface area contributed by atoms with Crippen LogP contribution in [0.3, 0.4) is 0 Å². The molecule has 0 heterocycles. The van der Waals surface area contributed by atoms with Gasteiger partial charge in [-0.2, -0.15) is 0 Å². The van der Waals surface area contributed by atoms with Crippen molar-refractivity contribution in [3.8, 4) is 0 Å². The third-order valence-corrected chi connectivity index (χ3v) is 0. The van der Waals surface area contributed by atoms with Crippen LogP contribution < -0.4 is 0 Å². The Hall–Kier alpha value is -0.218. The predicted molar refractivity (Wildman–Crippen MR) is 19.3 cm³/mol. The second-order valence-electron chi connectivity index (χ2n) is 0.238. The fourth-order valence-corrected chi connectivity index (χ4v) is 0. The van der Waals surface area contributed by atoms with Gasteiger partial charge in [0.2, 0.25) is 0 Å². The Labute approximate surface area is 53.8 Å². The molecule has 0 aliphatic rings. The Morgan fingerprint density at radius 2 is 1.43 bits per heavy atom. The van der Waals surface area contributed by atoms with Gasteiger partial charge in [0.15, 0.2) is 0 Å². The Bertz CT molecular complexity index is 33.2. The van der Waals surface area contributed by atoms with Crippen molar-refractivity contribution in [2.24, 2.45) is 0 Å². The van der Waals surface area contributed by atoms with Crippen molar-refractivity contribution in [1.82, 2.24) is 0 Å². The van der Waals surface area contributed by atoms with Crippen LogP contribution in [0.4, 0.5) is 0 Å². The van der Waals surface area contributed by atoms with Gasteiger partial charge < -0.3 is 17.5 Å². The molecule has 0 saturated carbocycles. The summed E-state index contributed by atoms with van der Waals surface area (Å²) in [5, 5.41) is 13.6. The smallest absolute Gasteiger partial charge is 0.693 e. The van der Waals surface area contributed by atoms with Gasteiger partial charge in [-0.3, -0.25) is 0 Å². The van der Waals surface area contributed by atoms with Crippen molar-refractivity contribution in [3.63, 3.8) is 0 Å². The van der Waals surface area contributed by atoms with Crippen molar-refractivity contribution >= 4 is 0 Å². The van der Waals surface area contributed by atoms with Gasteiger partial charge >= 0.3 is 20.4 Å². The van der Waals surface area contributed by atoms with Crippen LogP contribution in [-0.4, -0.2) is 10.3 Å². The summed E-state index contributed by atoms with van der Waals surface area (Å²) in [6.45, 7) is 0. The summed E-state index contributed by atoms with van der Waals surface area (Å²) in [4.78, 5) is 8.36. The summed E-state index contributed by atoms with van der Waals surface area (Å²) in [5.74, 6) is 0. The second-order valence-corrected chi connectivity index (χ2v) is 0.238. The van der Waals surface area contributed by atoms with E-state index in [0.29, 0.717) is 0 Å². The summed E-state index contributed by atoms with van der Waals surface area (Å²) >= 11 is 0. The van der Waals surface area contributed by atoms with Gasteiger partial charge in [-0.1, -0.05) is 0 Å². The minimum absolute atomic E-state index is 0. The first kappa shape index (κ1) is 29.3. The molecular weight excluding hydrogens is 196 g/mol. The Balaban J connectivity index is -0.0000000150. The van der Waals surface area contributed by atoms with Crippen LogP contribution in [0.15, 0.2) is 0 Å². The van der Waals surface area contributed by atoms with Crippen LogP contribution in [0.2, 0.25) is 0 Å². The molecule has 0 aromatic carbocycles. The van der Waals surface area contributed by atoms with E-state index in [1.807, 2.05) is 0 Å². The zero-order chi connectivity index (χ0) is 3.58. The molecule has 6 nitrogen and oxygen atoms in total. The molecule has 0 fully saturated rings. The third-order valence-electron chi connectivity index (χ3n) is 0. The molecule has 0 aromatic heterocycles. The summed E-state index contributed by atoms with van der Waals surface area (Å²) in [6.07, 6.45) is 0. The number of rotatable bonds is 0. The van der Waals surface area contributed by atoms with Crippen molar-refractivity contribution in [1.29, 1.82) is 0 Å². The molecule has 0 bridgehead atoms. The summed E-state index contributed by atoms with van der Waals surface area (Å²) in [6, 6.07) is 0. The van der Waals surface area contributed by atoms with Crippen LogP contribution in [-0.2, 0) is 20.4 Å². The normalized spacial score (nSPS) is 3.43. The molecule has 0 saturated heterocycles. The van der Waals surface area contributed by atoms with Gasteiger partial charge in [0.25, 0.3) is 5.09 Å². The molecule has 0 radical (unpaired) electrons. The van der Waals surface area contributed by atoms with E-state index in [0.717, 1.165) is 0 Å². The maximum atomic E-state index is 8.36.